The summed E-state index contributed by atoms with van der Waals surface area (Å²) in [5.41, 5.74) is 0. The third kappa shape index (κ3) is 1.86. The molecule has 7 nitrogen and oxygen atoms in total. The molecule has 0 aromatic carbocycles. The van der Waals surface area contributed by atoms with Crippen LogP contribution in [0.5, 0.6) is 0 Å². The fraction of sp³-hybridized carbons (Fsp3) is 0.500. The normalized spacial score (nSPS) is 30.7. The van der Waals surface area contributed by atoms with Crippen molar-refractivity contribution in [2.75, 3.05) is 0 Å². The van der Waals surface area contributed by atoms with Crippen LogP contribution in [0.1, 0.15) is 12.8 Å². The Balaban J connectivity index is 1.98. The van der Waals surface area contributed by atoms with Crippen LogP contribution in [0, 0.1) is 0 Å². The fourth-order valence-electron chi connectivity index (χ4n) is 1.62. The van der Waals surface area contributed by atoms with Gasteiger partial charge in [-0.1, -0.05) is 0 Å². The van der Waals surface area contributed by atoms with Crippen molar-refractivity contribution in [1.82, 2.24) is 16.0 Å². The third-order valence-corrected chi connectivity index (χ3v) is 2.34. The van der Waals surface area contributed by atoms with Gasteiger partial charge in [-0.3, -0.25) is 35.1 Å². The Morgan fingerprint density at radius 3 is 1.53 bits per heavy atom. The number of hydrogen-bond acceptors (Lipinski definition) is 5. The minimum absolute atomic E-state index is 0.0107. The Hall–Kier alpha value is -1.76. The summed E-state index contributed by atoms with van der Waals surface area (Å²) in [7, 11) is 0. The van der Waals surface area contributed by atoms with Crippen LogP contribution in [0.4, 0.5) is 0 Å². The molecule has 2 fully saturated rings. The maximum atomic E-state index is 11.1. The van der Waals surface area contributed by atoms with E-state index in [4.69, 9.17) is 0 Å². The van der Waals surface area contributed by atoms with Gasteiger partial charge in [0.2, 0.25) is 23.6 Å². The highest BCUT2D eigenvalue weighted by Crippen LogP contribution is 2.07. The molecule has 7 heteroatoms. The molecule has 0 spiro atoms. The molecule has 0 bridgehead atoms. The standard InChI is InChI=1S/C8H9N3O4/c12-5-1-3(7(14)10-5)9-4-2-6(13)11-8(4)15/h3-4,9H,1-2H2,(H,10,12,14)(H,11,13,15). The quantitative estimate of drug-likeness (QED) is 0.435. The van der Waals surface area contributed by atoms with Crippen molar-refractivity contribution in [1.29, 1.82) is 0 Å². The molecule has 0 radical (unpaired) electrons. The molecule has 0 aliphatic carbocycles. The van der Waals surface area contributed by atoms with Gasteiger partial charge in [-0.2, -0.15) is 0 Å². The van der Waals surface area contributed by atoms with Crippen LogP contribution < -0.4 is 16.0 Å². The number of nitrogens with one attached hydrogen (secondary N) is 3. The van der Waals surface area contributed by atoms with Gasteiger partial charge >= 0.3 is 0 Å². The highest BCUT2D eigenvalue weighted by molar-refractivity contribution is 6.08. The fourth-order valence-corrected chi connectivity index (χ4v) is 1.62. The molecule has 2 aliphatic rings. The average molecular weight is 211 g/mol. The Kier molecular flexibility index (Phi) is 2.24. The van der Waals surface area contributed by atoms with E-state index in [0.717, 1.165) is 0 Å². The van der Waals surface area contributed by atoms with Crippen LogP contribution in [0.15, 0.2) is 0 Å². The summed E-state index contributed by atoms with van der Waals surface area (Å²) in [4.78, 5) is 44.0. The molecule has 2 rings (SSSR count). The van der Waals surface area contributed by atoms with E-state index in [0.29, 0.717) is 0 Å². The lowest BCUT2D eigenvalue weighted by Gasteiger charge is -2.12. The molecule has 2 heterocycles. The van der Waals surface area contributed by atoms with E-state index in [1.807, 2.05) is 0 Å². The highest BCUT2D eigenvalue weighted by atomic mass is 16.2. The van der Waals surface area contributed by atoms with Crippen molar-refractivity contribution >= 4 is 23.6 Å². The number of carbonyl (C=O) groups excluding carboxylic acids is 4. The van der Waals surface area contributed by atoms with Crippen molar-refractivity contribution in [3.8, 4) is 0 Å². The number of hydrogen-bond donors (Lipinski definition) is 3. The maximum absolute atomic E-state index is 11.1. The predicted molar refractivity (Wildman–Crippen MR) is 46.2 cm³/mol. The first-order chi connectivity index (χ1) is 7.06. The summed E-state index contributed by atoms with van der Waals surface area (Å²) in [5.74, 6) is -1.65. The Labute approximate surface area is 84.6 Å². The molecule has 15 heavy (non-hydrogen) atoms. The largest absolute Gasteiger partial charge is 0.295 e. The molecule has 80 valence electrons. The van der Waals surface area contributed by atoms with Gasteiger partial charge in [0, 0.05) is 0 Å². The molecule has 3 N–H and O–H groups in total. The van der Waals surface area contributed by atoms with E-state index >= 15 is 0 Å². The number of amides is 4. The van der Waals surface area contributed by atoms with Crippen molar-refractivity contribution in [2.45, 2.75) is 24.9 Å². The number of carbonyl (C=O) groups is 4. The van der Waals surface area contributed by atoms with Crippen molar-refractivity contribution in [2.24, 2.45) is 0 Å². The Morgan fingerprint density at radius 1 is 0.867 bits per heavy atom. The molecule has 0 aromatic rings. The minimum atomic E-state index is -0.709. The van der Waals surface area contributed by atoms with E-state index in [2.05, 4.69) is 16.0 Å². The molecular formula is C8H9N3O4. The number of imide groups is 2. The van der Waals surface area contributed by atoms with Crippen LogP contribution in [-0.2, 0) is 19.2 Å². The van der Waals surface area contributed by atoms with Gasteiger partial charge in [0.1, 0.15) is 0 Å². The lowest BCUT2D eigenvalue weighted by Crippen LogP contribution is -2.46. The molecule has 2 unspecified atom stereocenters. The summed E-state index contributed by atoms with van der Waals surface area (Å²) < 4.78 is 0. The monoisotopic (exact) mass is 211 g/mol. The molecule has 0 aromatic heterocycles. The van der Waals surface area contributed by atoms with Gasteiger partial charge in [0.15, 0.2) is 0 Å². The zero-order chi connectivity index (χ0) is 11.0. The Bertz CT molecular complexity index is 331. The molecule has 2 saturated heterocycles. The van der Waals surface area contributed by atoms with E-state index in [-0.39, 0.29) is 24.7 Å². The lowest BCUT2D eigenvalue weighted by molar-refractivity contribution is -0.126. The summed E-state index contributed by atoms with van der Waals surface area (Å²) >= 11 is 0. The molecule has 2 atom stereocenters. The van der Waals surface area contributed by atoms with Gasteiger partial charge in [-0.25, -0.2) is 0 Å². The van der Waals surface area contributed by atoms with Crippen molar-refractivity contribution in [3.63, 3.8) is 0 Å². The van der Waals surface area contributed by atoms with E-state index in [1.165, 1.54) is 0 Å². The summed E-state index contributed by atoms with van der Waals surface area (Å²) in [6.07, 6.45) is 0.0214. The van der Waals surface area contributed by atoms with Gasteiger partial charge in [-0.05, 0) is 0 Å². The summed E-state index contributed by atoms with van der Waals surface area (Å²) in [5, 5.41) is 6.89. The highest BCUT2D eigenvalue weighted by Gasteiger charge is 2.37. The van der Waals surface area contributed by atoms with Crippen LogP contribution >= 0.6 is 0 Å². The van der Waals surface area contributed by atoms with Gasteiger partial charge in [0.05, 0.1) is 24.9 Å². The third-order valence-electron chi connectivity index (χ3n) is 2.34. The smallest absolute Gasteiger partial charge is 0.244 e. The van der Waals surface area contributed by atoms with Crippen LogP contribution in [0.3, 0.4) is 0 Å². The van der Waals surface area contributed by atoms with Crippen LogP contribution in [0.25, 0.3) is 0 Å². The molecule has 2 aliphatic heterocycles. The minimum Gasteiger partial charge on any atom is -0.295 e. The second kappa shape index (κ2) is 3.43. The van der Waals surface area contributed by atoms with Crippen molar-refractivity contribution < 1.29 is 19.2 Å². The van der Waals surface area contributed by atoms with Gasteiger partial charge in [-0.15, -0.1) is 0 Å². The second-order valence-corrected chi connectivity index (χ2v) is 3.50. The zero-order valence-electron chi connectivity index (χ0n) is 7.70. The second-order valence-electron chi connectivity index (χ2n) is 3.50. The van der Waals surface area contributed by atoms with Crippen LogP contribution in [0.2, 0.25) is 0 Å². The summed E-state index contributed by atoms with van der Waals surface area (Å²) in [6.45, 7) is 0. The zero-order valence-corrected chi connectivity index (χ0v) is 7.70. The molecule has 4 amide bonds. The van der Waals surface area contributed by atoms with Gasteiger partial charge in [0.25, 0.3) is 0 Å². The van der Waals surface area contributed by atoms with Gasteiger partial charge < -0.3 is 0 Å². The van der Waals surface area contributed by atoms with E-state index < -0.39 is 23.9 Å². The maximum Gasteiger partial charge on any atom is 0.244 e. The topological polar surface area (TPSA) is 104 Å². The van der Waals surface area contributed by atoms with E-state index in [1.54, 1.807) is 0 Å². The first kappa shape index (κ1) is 9.78. The van der Waals surface area contributed by atoms with Crippen molar-refractivity contribution in [3.05, 3.63) is 0 Å². The van der Waals surface area contributed by atoms with E-state index in [9.17, 15) is 19.2 Å². The Morgan fingerprint density at radius 2 is 1.27 bits per heavy atom. The molecular weight excluding hydrogens is 202 g/mol. The van der Waals surface area contributed by atoms with Crippen LogP contribution in [-0.4, -0.2) is 35.7 Å². The first-order valence-corrected chi connectivity index (χ1v) is 4.49. The lowest BCUT2D eigenvalue weighted by atomic mass is 10.2. The summed E-state index contributed by atoms with van der Waals surface area (Å²) in [6, 6.07) is -1.42. The molecule has 0 saturated carbocycles. The predicted octanol–water partition coefficient (Wildman–Crippen LogP) is -2.59. The first-order valence-electron chi connectivity index (χ1n) is 4.49. The average Bonchev–Trinajstić information content (AvgIpc) is 2.58. The number of rotatable bonds is 2. The SMILES string of the molecule is O=C1CC(NC2CC(=O)NC2=O)C(=O)N1.